The predicted octanol–water partition coefficient (Wildman–Crippen LogP) is 3.63. The number of carbonyl (C=O) groups is 2. The third kappa shape index (κ3) is 4.19. The molecule has 5 nitrogen and oxygen atoms in total. The predicted molar refractivity (Wildman–Crippen MR) is 99.5 cm³/mol. The molecule has 1 aromatic heterocycles. The summed E-state index contributed by atoms with van der Waals surface area (Å²) in [6, 6.07) is 4.41. The highest BCUT2D eigenvalue weighted by Crippen LogP contribution is 2.30. The number of hydrogen-bond acceptors (Lipinski definition) is 4. The van der Waals surface area contributed by atoms with Crippen molar-refractivity contribution in [3.05, 3.63) is 51.0 Å². The minimum Gasteiger partial charge on any atom is -0.335 e. The van der Waals surface area contributed by atoms with E-state index in [9.17, 15) is 22.8 Å². The molecule has 0 N–H and O–H groups in total. The summed E-state index contributed by atoms with van der Waals surface area (Å²) in [6.45, 7) is 5.00. The smallest absolute Gasteiger partial charge is 0.335 e. The van der Waals surface area contributed by atoms with E-state index in [4.69, 9.17) is 0 Å². The number of halogens is 3. The molecule has 0 atom stereocenters. The van der Waals surface area contributed by atoms with Crippen LogP contribution in [0.3, 0.4) is 0 Å². The van der Waals surface area contributed by atoms with Gasteiger partial charge in [-0.1, -0.05) is 13.0 Å². The lowest BCUT2D eigenvalue weighted by Crippen LogP contribution is -2.50. The fourth-order valence-electron chi connectivity index (χ4n) is 3.07. The molecule has 1 aliphatic heterocycles. The number of aryl methyl sites for hydroxylation is 2. The number of thiazole rings is 1. The molecule has 0 aliphatic carbocycles. The third-order valence-electron chi connectivity index (χ3n) is 4.63. The van der Waals surface area contributed by atoms with E-state index in [1.807, 2.05) is 6.92 Å². The van der Waals surface area contributed by atoms with E-state index >= 15 is 0 Å². The largest absolute Gasteiger partial charge is 0.416 e. The maximum absolute atomic E-state index is 12.9. The molecular formula is C19H20F3N3O2S. The van der Waals surface area contributed by atoms with Crippen LogP contribution in [0, 0.1) is 6.92 Å². The Hall–Kier alpha value is -2.42. The first-order valence-corrected chi connectivity index (χ1v) is 9.74. The summed E-state index contributed by atoms with van der Waals surface area (Å²) in [7, 11) is 0. The summed E-state index contributed by atoms with van der Waals surface area (Å²) in [5, 5.41) is 0.902. The maximum atomic E-state index is 12.9. The second-order valence-corrected chi connectivity index (χ2v) is 7.62. The lowest BCUT2D eigenvalue weighted by atomic mass is 10.1. The van der Waals surface area contributed by atoms with Crippen molar-refractivity contribution in [3.8, 4) is 0 Å². The highest BCUT2D eigenvalue weighted by Gasteiger charge is 2.32. The van der Waals surface area contributed by atoms with Crippen LogP contribution >= 0.6 is 11.3 Å². The summed E-state index contributed by atoms with van der Waals surface area (Å²) in [6.07, 6.45) is -3.73. The van der Waals surface area contributed by atoms with Crippen molar-refractivity contribution in [1.29, 1.82) is 0 Å². The van der Waals surface area contributed by atoms with Gasteiger partial charge < -0.3 is 9.80 Å². The van der Waals surface area contributed by atoms with E-state index in [-0.39, 0.29) is 24.6 Å². The van der Waals surface area contributed by atoms with Gasteiger partial charge in [0.1, 0.15) is 4.88 Å². The number of aromatic nitrogens is 1. The van der Waals surface area contributed by atoms with Gasteiger partial charge in [-0.05, 0) is 31.5 Å². The molecule has 0 radical (unpaired) electrons. The quantitative estimate of drug-likeness (QED) is 0.775. The Balaban J connectivity index is 1.66. The number of alkyl halides is 3. The van der Waals surface area contributed by atoms with Crippen LogP contribution in [0.4, 0.5) is 13.2 Å². The van der Waals surface area contributed by atoms with Crippen LogP contribution in [0.15, 0.2) is 24.3 Å². The minimum atomic E-state index is -4.49. The molecule has 1 fully saturated rings. The van der Waals surface area contributed by atoms with Crippen LogP contribution in [0.25, 0.3) is 0 Å². The van der Waals surface area contributed by atoms with Crippen molar-refractivity contribution in [1.82, 2.24) is 14.8 Å². The highest BCUT2D eigenvalue weighted by atomic mass is 32.1. The molecule has 1 saturated heterocycles. The number of rotatable bonds is 3. The van der Waals surface area contributed by atoms with Crippen LogP contribution in [0.2, 0.25) is 0 Å². The molecule has 2 amide bonds. The average Bonchev–Trinajstić information content (AvgIpc) is 3.07. The number of piperazine rings is 1. The lowest BCUT2D eigenvalue weighted by molar-refractivity contribution is -0.137. The van der Waals surface area contributed by atoms with Gasteiger partial charge in [-0.2, -0.15) is 13.2 Å². The van der Waals surface area contributed by atoms with Crippen molar-refractivity contribution in [3.63, 3.8) is 0 Å². The van der Waals surface area contributed by atoms with E-state index in [2.05, 4.69) is 4.98 Å². The van der Waals surface area contributed by atoms with Crippen LogP contribution in [-0.4, -0.2) is 52.8 Å². The topological polar surface area (TPSA) is 53.5 Å². The lowest BCUT2D eigenvalue weighted by Gasteiger charge is -2.34. The normalized spacial score (nSPS) is 15.0. The molecule has 1 aromatic carbocycles. The number of hydrogen-bond donors (Lipinski definition) is 0. The van der Waals surface area contributed by atoms with Crippen molar-refractivity contribution >= 4 is 23.2 Å². The Kier molecular flexibility index (Phi) is 5.74. The van der Waals surface area contributed by atoms with Gasteiger partial charge in [0.2, 0.25) is 0 Å². The van der Waals surface area contributed by atoms with Crippen molar-refractivity contribution < 1.29 is 22.8 Å². The first kappa shape index (κ1) is 20.3. The van der Waals surface area contributed by atoms with Gasteiger partial charge in [0, 0.05) is 31.7 Å². The van der Waals surface area contributed by atoms with E-state index in [0.717, 1.165) is 23.6 Å². The molecular weight excluding hydrogens is 391 g/mol. The Bertz CT molecular complexity index is 887. The molecule has 150 valence electrons. The van der Waals surface area contributed by atoms with Gasteiger partial charge in [-0.3, -0.25) is 9.59 Å². The van der Waals surface area contributed by atoms with E-state index in [1.165, 1.54) is 28.4 Å². The van der Waals surface area contributed by atoms with Gasteiger partial charge in [0.05, 0.1) is 16.3 Å². The second kappa shape index (κ2) is 7.90. The molecule has 1 aliphatic rings. The van der Waals surface area contributed by atoms with Gasteiger partial charge in [-0.15, -0.1) is 11.3 Å². The van der Waals surface area contributed by atoms with Crippen molar-refractivity contribution in [2.24, 2.45) is 0 Å². The summed E-state index contributed by atoms with van der Waals surface area (Å²) in [5.41, 5.74) is -0.144. The molecule has 2 heterocycles. The summed E-state index contributed by atoms with van der Waals surface area (Å²) in [4.78, 5) is 33.4. The molecule has 3 rings (SSSR count). The SMILES string of the molecule is CCc1nc(C)c(C(=O)N2CCN(C(=O)c3cccc(C(F)(F)F)c3)CC2)s1. The van der Waals surface area contributed by atoms with E-state index < -0.39 is 17.6 Å². The number of amides is 2. The standard InChI is InChI=1S/C19H20F3N3O2S/c1-3-15-23-12(2)16(28-15)18(27)25-9-7-24(8-10-25)17(26)13-5-4-6-14(11-13)19(20,21)22/h4-6,11H,3,7-10H2,1-2H3. The van der Waals surface area contributed by atoms with Crippen LogP contribution < -0.4 is 0 Å². The second-order valence-electron chi connectivity index (χ2n) is 6.54. The van der Waals surface area contributed by atoms with Gasteiger partial charge >= 0.3 is 6.18 Å². The highest BCUT2D eigenvalue weighted by molar-refractivity contribution is 7.13. The Morgan fingerprint density at radius 2 is 1.71 bits per heavy atom. The monoisotopic (exact) mass is 411 g/mol. The van der Waals surface area contributed by atoms with Gasteiger partial charge in [0.25, 0.3) is 11.8 Å². The molecule has 0 saturated carbocycles. The van der Waals surface area contributed by atoms with E-state index in [1.54, 1.807) is 11.8 Å². The Labute approximate surface area is 164 Å². The van der Waals surface area contributed by atoms with Crippen LogP contribution in [-0.2, 0) is 12.6 Å². The minimum absolute atomic E-state index is 0.000454. The first-order chi connectivity index (χ1) is 13.2. The van der Waals surface area contributed by atoms with Crippen molar-refractivity contribution in [2.75, 3.05) is 26.2 Å². The zero-order chi connectivity index (χ0) is 20.5. The molecule has 0 bridgehead atoms. The molecule has 9 heteroatoms. The van der Waals surface area contributed by atoms with Gasteiger partial charge in [0.15, 0.2) is 0 Å². The zero-order valence-corrected chi connectivity index (χ0v) is 16.4. The van der Waals surface area contributed by atoms with Crippen molar-refractivity contribution in [2.45, 2.75) is 26.4 Å². The summed E-state index contributed by atoms with van der Waals surface area (Å²) < 4.78 is 38.6. The molecule has 0 spiro atoms. The number of carbonyl (C=O) groups excluding carboxylic acids is 2. The number of benzene rings is 1. The van der Waals surface area contributed by atoms with Crippen LogP contribution in [0.5, 0.6) is 0 Å². The fraction of sp³-hybridized carbons (Fsp3) is 0.421. The Morgan fingerprint density at radius 1 is 1.11 bits per heavy atom. The molecule has 2 aromatic rings. The maximum Gasteiger partial charge on any atom is 0.416 e. The zero-order valence-electron chi connectivity index (χ0n) is 15.5. The average molecular weight is 411 g/mol. The van der Waals surface area contributed by atoms with E-state index in [0.29, 0.717) is 23.7 Å². The van der Waals surface area contributed by atoms with Crippen LogP contribution in [0.1, 0.15) is 43.2 Å². The van der Waals surface area contributed by atoms with Gasteiger partial charge in [-0.25, -0.2) is 4.98 Å². The summed E-state index contributed by atoms with van der Waals surface area (Å²) in [5.74, 6) is -0.568. The fourth-order valence-corrected chi connectivity index (χ4v) is 4.04. The number of nitrogens with zero attached hydrogens (tertiary/aromatic N) is 3. The molecule has 0 unspecified atom stereocenters. The third-order valence-corrected chi connectivity index (χ3v) is 5.92. The first-order valence-electron chi connectivity index (χ1n) is 8.92. The molecule has 28 heavy (non-hydrogen) atoms. The Morgan fingerprint density at radius 3 is 2.25 bits per heavy atom. The summed E-state index contributed by atoms with van der Waals surface area (Å²) >= 11 is 1.38.